The normalized spacial score (nSPS) is 12.1. The van der Waals surface area contributed by atoms with Crippen molar-refractivity contribution in [2.45, 2.75) is 18.0 Å². The molecular weight excluding hydrogens is 416 g/mol. The quantitative estimate of drug-likeness (QED) is 0.707. The number of nitrogens with one attached hydrogen (secondary N) is 1. The van der Waals surface area contributed by atoms with E-state index in [0.29, 0.717) is 17.7 Å². The summed E-state index contributed by atoms with van der Waals surface area (Å²) in [5.74, 6) is -1.99. The molecule has 1 amide bonds. The van der Waals surface area contributed by atoms with Crippen molar-refractivity contribution in [1.29, 1.82) is 0 Å². The van der Waals surface area contributed by atoms with Gasteiger partial charge in [-0.15, -0.1) is 0 Å². The molecule has 0 fully saturated rings. The highest BCUT2D eigenvalue weighted by atomic mass is 32.2. The lowest BCUT2D eigenvalue weighted by Crippen LogP contribution is -2.22. The topological polar surface area (TPSA) is 75.7 Å². The Morgan fingerprint density at radius 2 is 1.79 bits per heavy atom. The average Bonchev–Trinajstić information content (AvgIpc) is 2.61. The number of sulfonamides is 1. The van der Waals surface area contributed by atoms with E-state index in [9.17, 15) is 30.8 Å². The molecule has 0 bridgehead atoms. The Morgan fingerprint density at radius 1 is 1.14 bits per heavy atom. The summed E-state index contributed by atoms with van der Waals surface area (Å²) in [5, 5.41) is 2.19. The standard InChI is InChI=1S/C18H18F4N2O4S/c1-11-8-13(29(26,27)24(2)3)5-7-16(11)28-10-17(25)23-12-4-6-15(19)14(9-12)18(20,21)22/h4-9H,10H2,1-3H3,(H,23,25). The van der Waals surface area contributed by atoms with Crippen LogP contribution in [0, 0.1) is 12.7 Å². The van der Waals surface area contributed by atoms with Gasteiger partial charge in [-0.1, -0.05) is 0 Å². The number of alkyl halides is 3. The fraction of sp³-hybridized carbons (Fsp3) is 0.278. The zero-order chi connectivity index (χ0) is 22.0. The minimum Gasteiger partial charge on any atom is -0.483 e. The number of benzene rings is 2. The minimum absolute atomic E-state index is 0.0443. The van der Waals surface area contributed by atoms with E-state index < -0.39 is 40.1 Å². The maximum atomic E-state index is 13.3. The van der Waals surface area contributed by atoms with E-state index in [4.69, 9.17) is 4.74 Å². The van der Waals surface area contributed by atoms with Crippen molar-refractivity contribution < 1.29 is 35.5 Å². The molecule has 0 unspecified atom stereocenters. The highest BCUT2D eigenvalue weighted by Crippen LogP contribution is 2.33. The number of aryl methyl sites for hydroxylation is 1. The first-order valence-electron chi connectivity index (χ1n) is 8.15. The molecule has 1 N–H and O–H groups in total. The Hall–Kier alpha value is -2.66. The van der Waals surface area contributed by atoms with Gasteiger partial charge in [-0.25, -0.2) is 17.1 Å². The smallest absolute Gasteiger partial charge is 0.419 e. The van der Waals surface area contributed by atoms with E-state index >= 15 is 0 Å². The molecule has 0 heterocycles. The van der Waals surface area contributed by atoms with Gasteiger partial charge >= 0.3 is 6.18 Å². The molecule has 6 nitrogen and oxygen atoms in total. The van der Waals surface area contributed by atoms with Gasteiger partial charge in [0.1, 0.15) is 11.6 Å². The summed E-state index contributed by atoms with van der Waals surface area (Å²) < 4.78 is 82.0. The number of halogens is 4. The molecule has 11 heteroatoms. The van der Waals surface area contributed by atoms with Crippen LogP contribution in [0.4, 0.5) is 23.2 Å². The van der Waals surface area contributed by atoms with Gasteiger partial charge < -0.3 is 10.1 Å². The van der Waals surface area contributed by atoms with Crippen molar-refractivity contribution in [1.82, 2.24) is 4.31 Å². The molecule has 0 saturated heterocycles. The van der Waals surface area contributed by atoms with E-state index in [-0.39, 0.29) is 16.3 Å². The lowest BCUT2D eigenvalue weighted by Gasteiger charge is -2.14. The molecular formula is C18H18F4N2O4S. The third-order valence-electron chi connectivity index (χ3n) is 3.84. The monoisotopic (exact) mass is 434 g/mol. The maximum Gasteiger partial charge on any atom is 0.419 e. The molecule has 29 heavy (non-hydrogen) atoms. The maximum absolute atomic E-state index is 13.3. The number of amides is 1. The predicted octanol–water partition coefficient (Wildman–Crippen LogP) is 3.42. The first-order valence-corrected chi connectivity index (χ1v) is 9.59. The third-order valence-corrected chi connectivity index (χ3v) is 5.65. The zero-order valence-electron chi connectivity index (χ0n) is 15.7. The lowest BCUT2D eigenvalue weighted by molar-refractivity contribution is -0.140. The summed E-state index contributed by atoms with van der Waals surface area (Å²) >= 11 is 0. The van der Waals surface area contributed by atoms with Gasteiger partial charge in [-0.3, -0.25) is 4.79 Å². The third kappa shape index (κ3) is 5.45. The number of anilines is 1. The summed E-state index contributed by atoms with van der Waals surface area (Å²) in [5.41, 5.74) is -1.29. The summed E-state index contributed by atoms with van der Waals surface area (Å²) in [6, 6.07) is 6.14. The van der Waals surface area contributed by atoms with Crippen LogP contribution in [-0.2, 0) is 21.0 Å². The summed E-state index contributed by atoms with van der Waals surface area (Å²) in [4.78, 5) is 12.0. The highest BCUT2D eigenvalue weighted by molar-refractivity contribution is 7.89. The van der Waals surface area contributed by atoms with Crippen LogP contribution < -0.4 is 10.1 Å². The van der Waals surface area contributed by atoms with Gasteiger partial charge in [0.05, 0.1) is 10.5 Å². The molecule has 2 aromatic carbocycles. The van der Waals surface area contributed by atoms with E-state index in [0.717, 1.165) is 10.4 Å². The summed E-state index contributed by atoms with van der Waals surface area (Å²) in [6.45, 7) is 1.04. The van der Waals surface area contributed by atoms with Crippen LogP contribution in [0.3, 0.4) is 0 Å². The van der Waals surface area contributed by atoms with Gasteiger partial charge in [0.25, 0.3) is 5.91 Å². The SMILES string of the molecule is Cc1cc(S(=O)(=O)N(C)C)ccc1OCC(=O)Nc1ccc(F)c(C(F)(F)F)c1. The fourth-order valence-electron chi connectivity index (χ4n) is 2.32. The summed E-state index contributed by atoms with van der Waals surface area (Å²) in [7, 11) is -0.856. The van der Waals surface area contributed by atoms with Crippen molar-refractivity contribution in [2.24, 2.45) is 0 Å². The molecule has 0 aliphatic heterocycles. The first kappa shape index (κ1) is 22.6. The van der Waals surface area contributed by atoms with Crippen molar-refractivity contribution in [3.05, 3.63) is 53.3 Å². The molecule has 0 aliphatic carbocycles. The molecule has 0 aromatic heterocycles. The second-order valence-corrected chi connectivity index (χ2v) is 8.40. The largest absolute Gasteiger partial charge is 0.483 e. The van der Waals surface area contributed by atoms with E-state index in [1.807, 2.05) is 0 Å². The molecule has 2 aromatic rings. The second kappa shape index (κ2) is 8.37. The number of hydrogen-bond acceptors (Lipinski definition) is 4. The number of nitrogens with zero attached hydrogens (tertiary/aromatic N) is 1. The Labute approximate surface area is 165 Å². The Balaban J connectivity index is 2.07. The number of carbonyl (C=O) groups excluding carboxylic acids is 1. The molecule has 158 valence electrons. The van der Waals surface area contributed by atoms with E-state index in [1.165, 1.54) is 32.3 Å². The van der Waals surface area contributed by atoms with Crippen molar-refractivity contribution in [3.8, 4) is 5.75 Å². The molecule has 0 saturated carbocycles. The van der Waals surface area contributed by atoms with Crippen LogP contribution in [0.25, 0.3) is 0 Å². The van der Waals surface area contributed by atoms with Crippen LogP contribution in [0.1, 0.15) is 11.1 Å². The van der Waals surface area contributed by atoms with Gasteiger partial charge in [-0.2, -0.15) is 13.2 Å². The Morgan fingerprint density at radius 3 is 2.34 bits per heavy atom. The van der Waals surface area contributed by atoms with Gasteiger partial charge in [0.15, 0.2) is 6.61 Å². The molecule has 0 spiro atoms. The van der Waals surface area contributed by atoms with E-state index in [1.54, 1.807) is 6.92 Å². The van der Waals surface area contributed by atoms with Crippen LogP contribution in [0.5, 0.6) is 5.75 Å². The van der Waals surface area contributed by atoms with Crippen LogP contribution >= 0.6 is 0 Å². The number of hydrogen-bond donors (Lipinski definition) is 1. The van der Waals surface area contributed by atoms with Crippen LogP contribution in [-0.4, -0.2) is 39.3 Å². The van der Waals surface area contributed by atoms with Gasteiger partial charge in [-0.05, 0) is 48.9 Å². The van der Waals surface area contributed by atoms with Gasteiger partial charge in [0, 0.05) is 19.8 Å². The van der Waals surface area contributed by atoms with Crippen LogP contribution in [0.2, 0.25) is 0 Å². The fourth-order valence-corrected chi connectivity index (χ4v) is 3.30. The Bertz CT molecular complexity index is 1020. The predicted molar refractivity (Wildman–Crippen MR) is 97.6 cm³/mol. The van der Waals surface area contributed by atoms with E-state index in [2.05, 4.69) is 5.32 Å². The van der Waals surface area contributed by atoms with Gasteiger partial charge in [0.2, 0.25) is 10.0 Å². The Kier molecular flexibility index (Phi) is 6.53. The van der Waals surface area contributed by atoms with Crippen LogP contribution in [0.15, 0.2) is 41.3 Å². The molecule has 0 aliphatic rings. The number of carbonyl (C=O) groups is 1. The highest BCUT2D eigenvalue weighted by Gasteiger charge is 2.34. The summed E-state index contributed by atoms with van der Waals surface area (Å²) in [6.07, 6.45) is -4.90. The molecule has 2 rings (SSSR count). The molecule has 0 atom stereocenters. The zero-order valence-corrected chi connectivity index (χ0v) is 16.5. The molecule has 0 radical (unpaired) electrons. The first-order chi connectivity index (χ1) is 13.3. The van der Waals surface area contributed by atoms with Crippen molar-refractivity contribution in [2.75, 3.05) is 26.0 Å². The minimum atomic E-state index is -4.90. The number of ether oxygens (including phenoxy) is 1. The van der Waals surface area contributed by atoms with Crippen molar-refractivity contribution in [3.63, 3.8) is 0 Å². The lowest BCUT2D eigenvalue weighted by atomic mass is 10.2. The van der Waals surface area contributed by atoms with Crippen molar-refractivity contribution >= 4 is 21.6 Å². The second-order valence-electron chi connectivity index (χ2n) is 6.24. The number of rotatable bonds is 6. The average molecular weight is 434 g/mol.